The Bertz CT molecular complexity index is 1530. The van der Waals surface area contributed by atoms with Crippen molar-refractivity contribution in [1.82, 2.24) is 4.90 Å². The summed E-state index contributed by atoms with van der Waals surface area (Å²) in [6.07, 6.45) is -3.61. The van der Waals surface area contributed by atoms with Crippen molar-refractivity contribution in [2.24, 2.45) is 0 Å². The van der Waals surface area contributed by atoms with Crippen molar-refractivity contribution in [3.63, 3.8) is 0 Å². The van der Waals surface area contributed by atoms with Crippen molar-refractivity contribution in [2.75, 3.05) is 19.9 Å². The molecule has 1 aliphatic heterocycles. The predicted octanol–water partition coefficient (Wildman–Crippen LogP) is 6.63. The largest absolute Gasteiger partial charge is 0.478 e. The highest BCUT2D eigenvalue weighted by atomic mass is 32.1. The van der Waals surface area contributed by atoms with E-state index in [2.05, 4.69) is 0 Å². The number of benzene rings is 2. The number of alkyl halides is 3. The van der Waals surface area contributed by atoms with Crippen molar-refractivity contribution < 1.29 is 36.6 Å². The molecule has 0 N–H and O–H groups in total. The summed E-state index contributed by atoms with van der Waals surface area (Å²) in [4.78, 5) is 28.5. The molecule has 39 heavy (non-hydrogen) atoms. The van der Waals surface area contributed by atoms with Crippen LogP contribution in [0.2, 0.25) is 0 Å². The minimum Gasteiger partial charge on any atom is -0.478 e. The van der Waals surface area contributed by atoms with Gasteiger partial charge in [-0.25, -0.2) is 4.79 Å². The van der Waals surface area contributed by atoms with Crippen molar-refractivity contribution in [2.45, 2.75) is 32.5 Å². The highest BCUT2D eigenvalue weighted by Crippen LogP contribution is 2.41. The van der Waals surface area contributed by atoms with Gasteiger partial charge in [0.1, 0.15) is 23.8 Å². The van der Waals surface area contributed by atoms with E-state index >= 15 is 0 Å². The van der Waals surface area contributed by atoms with Gasteiger partial charge in [-0.1, -0.05) is 13.0 Å². The van der Waals surface area contributed by atoms with Gasteiger partial charge < -0.3 is 18.6 Å². The van der Waals surface area contributed by atoms with Crippen LogP contribution in [0.1, 0.15) is 39.9 Å². The molecule has 4 aromatic rings. The van der Waals surface area contributed by atoms with Crippen LogP contribution in [0.4, 0.5) is 13.2 Å². The molecule has 0 saturated carbocycles. The van der Waals surface area contributed by atoms with Gasteiger partial charge in [-0.2, -0.15) is 13.2 Å². The van der Waals surface area contributed by atoms with Crippen LogP contribution in [0.3, 0.4) is 0 Å². The number of hydrogen-bond acceptors (Lipinski definition) is 8. The minimum atomic E-state index is -5.01. The Morgan fingerprint density at radius 2 is 1.92 bits per heavy atom. The average Bonchev–Trinajstić information content (AvgIpc) is 3.45. The second kappa shape index (κ2) is 11.1. The van der Waals surface area contributed by atoms with Crippen molar-refractivity contribution in [3.8, 4) is 17.2 Å². The van der Waals surface area contributed by atoms with Gasteiger partial charge in [0.05, 0.1) is 23.1 Å². The van der Waals surface area contributed by atoms with Crippen molar-refractivity contribution in [1.29, 1.82) is 0 Å². The first-order chi connectivity index (χ1) is 18.7. The van der Waals surface area contributed by atoms with E-state index in [1.54, 1.807) is 17.4 Å². The maximum atomic E-state index is 14.1. The number of fused-ring (bicyclic) bond motifs is 3. The van der Waals surface area contributed by atoms with Gasteiger partial charge in [0.25, 0.3) is 5.76 Å². The van der Waals surface area contributed by atoms with Gasteiger partial charge in [0, 0.05) is 18.0 Å². The molecule has 0 fully saturated rings. The van der Waals surface area contributed by atoms with Crippen molar-refractivity contribution >= 4 is 28.3 Å². The van der Waals surface area contributed by atoms with Crippen LogP contribution >= 0.6 is 11.3 Å². The topological polar surface area (TPSA) is 78.2 Å². The molecule has 0 bridgehead atoms. The Balaban J connectivity index is 1.47. The van der Waals surface area contributed by atoms with E-state index in [1.165, 1.54) is 35.2 Å². The van der Waals surface area contributed by atoms with Crippen molar-refractivity contribution in [3.05, 3.63) is 85.9 Å². The van der Waals surface area contributed by atoms with Crippen LogP contribution in [0.5, 0.6) is 17.2 Å². The fourth-order valence-corrected chi connectivity index (χ4v) is 4.89. The second-order valence-electron chi connectivity index (χ2n) is 8.92. The van der Waals surface area contributed by atoms with Gasteiger partial charge in [0.15, 0.2) is 0 Å². The number of carbonyl (C=O) groups is 1. The maximum absolute atomic E-state index is 14.1. The number of halogens is 3. The lowest BCUT2D eigenvalue weighted by Gasteiger charge is -2.29. The second-order valence-corrected chi connectivity index (χ2v) is 9.96. The molecule has 7 nitrogen and oxygen atoms in total. The number of esters is 1. The first-order valence-electron chi connectivity index (χ1n) is 12.3. The molecule has 0 spiro atoms. The fourth-order valence-electron chi connectivity index (χ4n) is 4.20. The van der Waals surface area contributed by atoms with Crippen LogP contribution in [0, 0.1) is 0 Å². The Hall–Kier alpha value is -3.83. The summed E-state index contributed by atoms with van der Waals surface area (Å²) in [5, 5.41) is 1.92. The van der Waals surface area contributed by atoms with E-state index in [1.807, 2.05) is 29.3 Å². The first kappa shape index (κ1) is 26.8. The van der Waals surface area contributed by atoms with Crippen LogP contribution in [-0.2, 0) is 23.9 Å². The van der Waals surface area contributed by atoms with Gasteiger partial charge in [-0.15, -0.1) is 11.3 Å². The molecule has 2 aromatic carbocycles. The quantitative estimate of drug-likeness (QED) is 0.224. The maximum Gasteiger partial charge on any atom is 0.453 e. The Labute approximate surface area is 225 Å². The van der Waals surface area contributed by atoms with E-state index < -0.39 is 29.1 Å². The van der Waals surface area contributed by atoms with Crippen LogP contribution < -0.4 is 14.9 Å². The molecular weight excluding hydrogens is 535 g/mol. The molecule has 0 unspecified atom stereocenters. The molecule has 3 heterocycles. The van der Waals surface area contributed by atoms with Gasteiger partial charge in [-0.3, -0.25) is 9.69 Å². The molecule has 0 radical (unpaired) electrons. The molecule has 11 heteroatoms. The number of hydrogen-bond donors (Lipinski definition) is 0. The van der Waals surface area contributed by atoms with E-state index in [-0.39, 0.29) is 42.2 Å². The summed E-state index contributed by atoms with van der Waals surface area (Å²) in [5.41, 5.74) is -0.581. The number of thiophene rings is 1. The standard InChI is InChI=1S/C28H24F3NO6S/c1-2-13-35-27(34)17-5-7-18(8-6-17)37-25-23(33)20-9-10-22-21(24(20)38-26(25)28(29,30)31)15-32(16-36-22)12-11-19-4-3-14-39-19/h3-10,14H,2,11-13,15-16H2,1H3. The molecule has 204 valence electrons. The highest BCUT2D eigenvalue weighted by molar-refractivity contribution is 7.09. The Morgan fingerprint density at radius 3 is 2.62 bits per heavy atom. The van der Waals surface area contributed by atoms with E-state index in [4.69, 9.17) is 18.6 Å². The van der Waals surface area contributed by atoms with E-state index in [9.17, 15) is 22.8 Å². The Morgan fingerprint density at radius 1 is 1.13 bits per heavy atom. The molecule has 5 rings (SSSR count). The van der Waals surface area contributed by atoms with Crippen LogP contribution in [0.15, 0.2) is 63.1 Å². The van der Waals surface area contributed by atoms with Gasteiger partial charge in [0.2, 0.25) is 11.2 Å². The lowest BCUT2D eigenvalue weighted by atomic mass is 10.1. The third-order valence-corrected chi connectivity index (χ3v) is 7.06. The lowest BCUT2D eigenvalue weighted by molar-refractivity contribution is -0.154. The molecule has 0 atom stereocenters. The number of nitrogens with zero attached hydrogens (tertiary/aromatic N) is 1. The summed E-state index contributed by atoms with van der Waals surface area (Å²) in [5.74, 6) is -2.80. The first-order valence-corrected chi connectivity index (χ1v) is 13.1. The number of carbonyl (C=O) groups excluding carboxylic acids is 1. The molecule has 0 aliphatic carbocycles. The third-order valence-electron chi connectivity index (χ3n) is 6.12. The lowest BCUT2D eigenvalue weighted by Crippen LogP contribution is -2.33. The summed E-state index contributed by atoms with van der Waals surface area (Å²) >= 11 is 1.62. The summed E-state index contributed by atoms with van der Waals surface area (Å²) < 4.78 is 64.0. The smallest absolute Gasteiger partial charge is 0.453 e. The van der Waals surface area contributed by atoms with Gasteiger partial charge >= 0.3 is 12.1 Å². The molecule has 0 saturated heterocycles. The highest BCUT2D eigenvalue weighted by Gasteiger charge is 2.41. The number of ether oxygens (including phenoxy) is 3. The summed E-state index contributed by atoms with van der Waals surface area (Å²) in [6.45, 7) is 3.24. The van der Waals surface area contributed by atoms with Gasteiger partial charge in [-0.05, 0) is 60.7 Å². The molecule has 2 aromatic heterocycles. The minimum absolute atomic E-state index is 0.0554. The summed E-state index contributed by atoms with van der Waals surface area (Å²) in [7, 11) is 0. The molecule has 0 amide bonds. The third kappa shape index (κ3) is 5.79. The summed E-state index contributed by atoms with van der Waals surface area (Å²) in [6, 6.07) is 12.2. The monoisotopic (exact) mass is 559 g/mol. The zero-order chi connectivity index (χ0) is 27.6. The molecule has 1 aliphatic rings. The fraction of sp³-hybridized carbons (Fsp3) is 0.286. The Kier molecular flexibility index (Phi) is 7.62. The predicted molar refractivity (Wildman–Crippen MR) is 139 cm³/mol. The van der Waals surface area contributed by atoms with E-state index in [0.717, 1.165) is 6.42 Å². The SMILES string of the molecule is CCCOC(=O)c1ccc(Oc2c(C(F)(F)F)oc3c4c(ccc3c2=O)OCN(CCc2cccs2)C4)cc1. The zero-order valence-electron chi connectivity index (χ0n) is 20.9. The molecular formula is C28H24F3NO6S. The zero-order valence-corrected chi connectivity index (χ0v) is 21.7. The normalized spacial score (nSPS) is 13.6. The van der Waals surface area contributed by atoms with E-state index in [0.29, 0.717) is 24.3 Å². The van der Waals surface area contributed by atoms with Crippen LogP contribution in [0.25, 0.3) is 11.0 Å². The van der Waals surface area contributed by atoms with Crippen LogP contribution in [-0.4, -0.2) is 30.8 Å². The average molecular weight is 560 g/mol. The number of rotatable bonds is 8.